The molecule has 3 aromatic rings. The zero-order valence-corrected chi connectivity index (χ0v) is 12.9. The van der Waals surface area contributed by atoms with Crippen LogP contribution in [0.25, 0.3) is 0 Å². The smallest absolute Gasteiger partial charge is 0.154 e. The van der Waals surface area contributed by atoms with Crippen molar-refractivity contribution in [3.8, 4) is 0 Å². The predicted molar refractivity (Wildman–Crippen MR) is 92.0 cm³/mol. The van der Waals surface area contributed by atoms with Crippen molar-refractivity contribution in [3.05, 3.63) is 95.3 Å². The van der Waals surface area contributed by atoms with E-state index in [1.54, 1.807) is 36.7 Å². The van der Waals surface area contributed by atoms with Gasteiger partial charge < -0.3 is 0 Å². The summed E-state index contributed by atoms with van der Waals surface area (Å²) in [5, 5.41) is 4.39. The second-order valence-corrected chi connectivity index (χ2v) is 5.44. The van der Waals surface area contributed by atoms with Gasteiger partial charge in [0.05, 0.1) is 5.69 Å². The van der Waals surface area contributed by atoms with Gasteiger partial charge in [-0.15, -0.1) is 0 Å². The molecule has 0 atom stereocenters. The van der Waals surface area contributed by atoms with Gasteiger partial charge in [0.1, 0.15) is 17.3 Å². The van der Waals surface area contributed by atoms with Gasteiger partial charge in [0.2, 0.25) is 0 Å². The van der Waals surface area contributed by atoms with E-state index >= 15 is 0 Å². The first kappa shape index (κ1) is 15.1. The minimum atomic E-state index is -0.379. The fourth-order valence-electron chi connectivity index (χ4n) is 2.57. The van der Waals surface area contributed by atoms with Crippen LogP contribution >= 0.6 is 0 Å². The molecule has 0 radical (unpaired) electrons. The van der Waals surface area contributed by atoms with Crippen LogP contribution in [0.3, 0.4) is 0 Å². The SMILES string of the molecule is Fc1ccc(C2=Nc3ccc(F)cc3C(c3cccnc3)=NN2)cc1. The van der Waals surface area contributed by atoms with Gasteiger partial charge in [-0.1, -0.05) is 0 Å². The fraction of sp³-hybridized carbons (Fsp3) is 0. The lowest BCUT2D eigenvalue weighted by Gasteiger charge is -2.07. The van der Waals surface area contributed by atoms with Crippen molar-refractivity contribution in [1.82, 2.24) is 10.4 Å². The van der Waals surface area contributed by atoms with Gasteiger partial charge >= 0.3 is 0 Å². The molecular weight excluding hydrogens is 322 g/mol. The average molecular weight is 334 g/mol. The normalized spacial score (nSPS) is 13.2. The predicted octanol–water partition coefficient (Wildman–Crippen LogP) is 3.79. The zero-order chi connectivity index (χ0) is 17.2. The summed E-state index contributed by atoms with van der Waals surface area (Å²) < 4.78 is 27.0. The van der Waals surface area contributed by atoms with Crippen molar-refractivity contribution in [3.63, 3.8) is 0 Å². The van der Waals surface area contributed by atoms with Crippen molar-refractivity contribution in [2.24, 2.45) is 10.1 Å². The maximum absolute atomic E-state index is 13.8. The summed E-state index contributed by atoms with van der Waals surface area (Å²) in [4.78, 5) is 8.63. The van der Waals surface area contributed by atoms with Gasteiger partial charge in [0.15, 0.2) is 5.84 Å². The highest BCUT2D eigenvalue weighted by molar-refractivity contribution is 6.17. The third kappa shape index (κ3) is 3.01. The Bertz CT molecular complexity index is 980. The number of hydrogen-bond acceptors (Lipinski definition) is 4. The van der Waals surface area contributed by atoms with Gasteiger partial charge in [0, 0.05) is 29.1 Å². The van der Waals surface area contributed by atoms with Crippen molar-refractivity contribution < 1.29 is 8.78 Å². The molecular formula is C19H12F2N4. The number of hydrazone groups is 1. The van der Waals surface area contributed by atoms with E-state index in [2.05, 4.69) is 20.5 Å². The molecule has 0 unspecified atom stereocenters. The molecule has 0 saturated carbocycles. The molecule has 1 aliphatic heterocycles. The monoisotopic (exact) mass is 334 g/mol. The summed E-state index contributed by atoms with van der Waals surface area (Å²) in [6.45, 7) is 0. The summed E-state index contributed by atoms with van der Waals surface area (Å²) in [7, 11) is 0. The first-order valence-corrected chi connectivity index (χ1v) is 7.59. The van der Waals surface area contributed by atoms with E-state index in [4.69, 9.17) is 0 Å². The van der Waals surface area contributed by atoms with E-state index in [9.17, 15) is 8.78 Å². The Morgan fingerprint density at radius 2 is 1.64 bits per heavy atom. The number of benzene rings is 2. The number of aliphatic imine (C=N–C) groups is 1. The lowest BCUT2D eigenvalue weighted by Crippen LogP contribution is -2.19. The molecule has 1 N–H and O–H groups in total. The first-order chi connectivity index (χ1) is 12.2. The van der Waals surface area contributed by atoms with Crippen LogP contribution in [0.5, 0.6) is 0 Å². The summed E-state index contributed by atoms with van der Waals surface area (Å²) in [6.07, 6.45) is 3.30. The Hall–Kier alpha value is -3.41. The van der Waals surface area contributed by atoms with E-state index < -0.39 is 0 Å². The van der Waals surface area contributed by atoms with Crippen molar-refractivity contribution in [2.75, 3.05) is 0 Å². The molecule has 0 bridgehead atoms. The molecule has 6 heteroatoms. The molecule has 1 aromatic heterocycles. The third-order valence-corrected chi connectivity index (χ3v) is 3.77. The quantitative estimate of drug-likeness (QED) is 0.775. The Morgan fingerprint density at radius 3 is 2.40 bits per heavy atom. The Kier molecular flexibility index (Phi) is 3.78. The summed E-state index contributed by atoms with van der Waals surface area (Å²) in [5.41, 5.74) is 5.95. The molecule has 0 aliphatic carbocycles. The maximum atomic E-state index is 13.8. The molecule has 2 heterocycles. The zero-order valence-electron chi connectivity index (χ0n) is 12.9. The van der Waals surface area contributed by atoms with Gasteiger partial charge in [-0.25, -0.2) is 13.8 Å². The van der Waals surface area contributed by atoms with Crippen LogP contribution < -0.4 is 5.43 Å². The lowest BCUT2D eigenvalue weighted by atomic mass is 10.0. The van der Waals surface area contributed by atoms with Gasteiger partial charge in [-0.2, -0.15) is 5.10 Å². The third-order valence-electron chi connectivity index (χ3n) is 3.77. The average Bonchev–Trinajstić information content (AvgIpc) is 2.82. The molecule has 4 rings (SSSR count). The van der Waals surface area contributed by atoms with Gasteiger partial charge in [-0.05, 0) is 54.6 Å². The number of amidine groups is 1. The van der Waals surface area contributed by atoms with E-state index in [-0.39, 0.29) is 11.6 Å². The van der Waals surface area contributed by atoms with Crippen LogP contribution in [0.4, 0.5) is 14.5 Å². The minimum Gasteiger partial charge on any atom is -0.264 e. The number of pyridine rings is 1. The van der Waals surface area contributed by atoms with Crippen molar-refractivity contribution >= 4 is 17.2 Å². The van der Waals surface area contributed by atoms with Crippen LogP contribution in [0.1, 0.15) is 16.7 Å². The van der Waals surface area contributed by atoms with Crippen molar-refractivity contribution in [2.45, 2.75) is 0 Å². The van der Waals surface area contributed by atoms with Crippen LogP contribution in [0.15, 0.2) is 77.1 Å². The number of hydrogen-bond donors (Lipinski definition) is 1. The largest absolute Gasteiger partial charge is 0.264 e. The number of nitrogens with zero attached hydrogens (tertiary/aromatic N) is 3. The molecule has 4 nitrogen and oxygen atoms in total. The number of rotatable bonds is 2. The second-order valence-electron chi connectivity index (χ2n) is 5.44. The number of aromatic nitrogens is 1. The Labute approximate surface area is 142 Å². The molecule has 0 fully saturated rings. The van der Waals surface area contributed by atoms with E-state index in [0.29, 0.717) is 28.4 Å². The minimum absolute atomic E-state index is 0.333. The Balaban J connectivity index is 1.87. The van der Waals surface area contributed by atoms with Gasteiger partial charge in [-0.3, -0.25) is 10.4 Å². The molecule has 0 amide bonds. The highest BCUT2D eigenvalue weighted by atomic mass is 19.1. The van der Waals surface area contributed by atoms with E-state index in [1.165, 1.54) is 24.3 Å². The molecule has 122 valence electrons. The highest BCUT2D eigenvalue weighted by Gasteiger charge is 2.18. The first-order valence-electron chi connectivity index (χ1n) is 7.59. The van der Waals surface area contributed by atoms with E-state index in [0.717, 1.165) is 5.56 Å². The summed E-state index contributed by atoms with van der Waals surface area (Å²) in [6, 6.07) is 13.9. The van der Waals surface area contributed by atoms with Gasteiger partial charge in [0.25, 0.3) is 0 Å². The standard InChI is InChI=1S/C19H12F2N4/c20-14-5-3-12(4-6-14)19-23-17-8-7-15(21)10-16(17)18(24-25-19)13-2-1-9-22-11-13/h1-11H,(H,23,25). The molecule has 1 aliphatic rings. The van der Waals surface area contributed by atoms with Crippen LogP contribution in [0, 0.1) is 11.6 Å². The molecule has 2 aromatic carbocycles. The van der Waals surface area contributed by atoms with E-state index in [1.807, 2.05) is 6.07 Å². The lowest BCUT2D eigenvalue weighted by molar-refractivity contribution is 0.627. The molecule has 0 spiro atoms. The second kappa shape index (κ2) is 6.24. The molecule has 25 heavy (non-hydrogen) atoms. The highest BCUT2D eigenvalue weighted by Crippen LogP contribution is 2.26. The number of fused-ring (bicyclic) bond motifs is 1. The summed E-state index contributed by atoms with van der Waals surface area (Å²) in [5.74, 6) is -0.262. The Morgan fingerprint density at radius 1 is 0.840 bits per heavy atom. The topological polar surface area (TPSA) is 49.6 Å². The van der Waals surface area contributed by atoms with Crippen LogP contribution in [-0.2, 0) is 0 Å². The molecule has 0 saturated heterocycles. The number of halogens is 2. The van der Waals surface area contributed by atoms with Crippen LogP contribution in [-0.4, -0.2) is 16.5 Å². The fourth-order valence-corrected chi connectivity index (χ4v) is 2.57. The summed E-state index contributed by atoms with van der Waals surface area (Å²) >= 11 is 0. The maximum Gasteiger partial charge on any atom is 0.154 e. The number of nitrogens with one attached hydrogen (secondary N) is 1. The van der Waals surface area contributed by atoms with Crippen molar-refractivity contribution in [1.29, 1.82) is 0 Å². The van der Waals surface area contributed by atoms with Crippen LogP contribution in [0.2, 0.25) is 0 Å².